The number of carboxylic acids is 2. The van der Waals surface area contributed by atoms with Gasteiger partial charge in [-0.1, -0.05) is 18.2 Å². The minimum Gasteiger partial charge on any atom is -0.481 e. The van der Waals surface area contributed by atoms with Crippen LogP contribution in [0.5, 0.6) is 0 Å². The lowest BCUT2D eigenvalue weighted by molar-refractivity contribution is -0.158. The number of piperidine rings is 1. The van der Waals surface area contributed by atoms with Crippen molar-refractivity contribution in [1.29, 1.82) is 0 Å². The quantitative estimate of drug-likeness (QED) is 0.879. The molecule has 1 fully saturated rings. The third kappa shape index (κ3) is 2.81. The molecule has 1 aromatic carbocycles. The molecule has 0 atom stereocenters. The molecule has 2 amide bonds. The molecule has 1 aromatic rings. The first-order chi connectivity index (χ1) is 11.4. The van der Waals surface area contributed by atoms with Gasteiger partial charge < -0.3 is 15.1 Å². The number of para-hydroxylation sites is 1. The topological polar surface area (TPSA) is 98.1 Å². The number of hydrogen-bond acceptors (Lipinski definition) is 3. The zero-order valence-corrected chi connectivity index (χ0v) is 13.3. The Morgan fingerprint density at radius 3 is 2.33 bits per heavy atom. The van der Waals surface area contributed by atoms with Crippen LogP contribution in [0.1, 0.15) is 24.8 Å². The van der Waals surface area contributed by atoms with Gasteiger partial charge in [0.05, 0.1) is 11.8 Å². The van der Waals surface area contributed by atoms with Crippen LogP contribution in [-0.2, 0) is 16.0 Å². The highest BCUT2D eigenvalue weighted by molar-refractivity contribution is 5.94. The zero-order valence-electron chi connectivity index (χ0n) is 13.3. The SMILES string of the molecule is O=C(O)CC1(C(=O)O)CCN(C(=O)N2CCc3ccccc32)CC1. The molecule has 24 heavy (non-hydrogen) atoms. The molecule has 3 rings (SSSR count). The molecule has 0 aliphatic carbocycles. The highest BCUT2D eigenvalue weighted by atomic mass is 16.4. The molecule has 0 radical (unpaired) electrons. The Balaban J connectivity index is 1.70. The van der Waals surface area contributed by atoms with E-state index < -0.39 is 23.8 Å². The summed E-state index contributed by atoms with van der Waals surface area (Å²) in [4.78, 5) is 38.6. The average molecular weight is 332 g/mol. The summed E-state index contributed by atoms with van der Waals surface area (Å²) < 4.78 is 0. The number of likely N-dealkylation sites (tertiary alicyclic amines) is 1. The summed E-state index contributed by atoms with van der Waals surface area (Å²) in [5.74, 6) is -2.21. The number of rotatable bonds is 3. The number of fused-ring (bicyclic) bond motifs is 1. The fraction of sp³-hybridized carbons (Fsp3) is 0.471. The van der Waals surface area contributed by atoms with Gasteiger partial charge >= 0.3 is 18.0 Å². The number of carbonyl (C=O) groups excluding carboxylic acids is 1. The number of amides is 2. The molecular formula is C17H20N2O5. The van der Waals surface area contributed by atoms with Gasteiger partial charge in [-0.3, -0.25) is 14.5 Å². The van der Waals surface area contributed by atoms with E-state index in [1.807, 2.05) is 24.3 Å². The maximum atomic E-state index is 12.8. The van der Waals surface area contributed by atoms with Crippen LogP contribution in [0.4, 0.5) is 10.5 Å². The Morgan fingerprint density at radius 1 is 1.04 bits per heavy atom. The van der Waals surface area contributed by atoms with Gasteiger partial charge in [0.15, 0.2) is 0 Å². The van der Waals surface area contributed by atoms with Gasteiger partial charge in [-0.15, -0.1) is 0 Å². The van der Waals surface area contributed by atoms with Crippen LogP contribution >= 0.6 is 0 Å². The van der Waals surface area contributed by atoms with Crippen molar-refractivity contribution in [3.05, 3.63) is 29.8 Å². The molecule has 2 aliphatic rings. The van der Waals surface area contributed by atoms with E-state index in [1.54, 1.807) is 9.80 Å². The second kappa shape index (κ2) is 6.14. The summed E-state index contributed by atoms with van der Waals surface area (Å²) in [7, 11) is 0. The highest BCUT2D eigenvalue weighted by Gasteiger charge is 2.45. The Hall–Kier alpha value is -2.57. The molecule has 0 unspecified atom stereocenters. The van der Waals surface area contributed by atoms with Gasteiger partial charge in [0, 0.05) is 25.3 Å². The average Bonchev–Trinajstić information content (AvgIpc) is 2.98. The minimum atomic E-state index is -1.27. The zero-order chi connectivity index (χ0) is 17.3. The lowest BCUT2D eigenvalue weighted by Crippen LogP contribution is -2.51. The van der Waals surface area contributed by atoms with Crippen molar-refractivity contribution in [3.63, 3.8) is 0 Å². The summed E-state index contributed by atoms with van der Waals surface area (Å²) in [6.07, 6.45) is 0.733. The van der Waals surface area contributed by atoms with E-state index in [9.17, 15) is 19.5 Å². The van der Waals surface area contributed by atoms with Crippen LogP contribution in [0.25, 0.3) is 0 Å². The van der Waals surface area contributed by atoms with Crippen LogP contribution in [0.2, 0.25) is 0 Å². The first-order valence-corrected chi connectivity index (χ1v) is 8.02. The molecule has 0 saturated carbocycles. The number of carbonyl (C=O) groups is 3. The van der Waals surface area contributed by atoms with Gasteiger partial charge in [0.25, 0.3) is 0 Å². The number of nitrogens with zero attached hydrogens (tertiary/aromatic N) is 2. The van der Waals surface area contributed by atoms with Gasteiger partial charge in [-0.25, -0.2) is 4.79 Å². The summed E-state index contributed by atoms with van der Waals surface area (Å²) in [5.41, 5.74) is 0.766. The third-order valence-electron chi connectivity index (χ3n) is 5.05. The number of benzene rings is 1. The molecule has 7 nitrogen and oxygen atoms in total. The summed E-state index contributed by atoms with van der Waals surface area (Å²) in [6, 6.07) is 7.62. The molecule has 7 heteroatoms. The third-order valence-corrected chi connectivity index (χ3v) is 5.05. The minimum absolute atomic E-state index is 0.130. The standard InChI is InChI=1S/C17H20N2O5/c20-14(21)11-17(15(22)23)6-9-18(10-7-17)16(24)19-8-5-12-3-1-2-4-13(12)19/h1-4H,5-11H2,(H,20,21)(H,22,23). The molecule has 0 bridgehead atoms. The molecule has 128 valence electrons. The smallest absolute Gasteiger partial charge is 0.324 e. The summed E-state index contributed by atoms with van der Waals surface area (Å²) >= 11 is 0. The van der Waals surface area contributed by atoms with Crippen molar-refractivity contribution < 1.29 is 24.6 Å². The van der Waals surface area contributed by atoms with Crippen LogP contribution < -0.4 is 4.90 Å². The first-order valence-electron chi connectivity index (χ1n) is 8.02. The normalized spacial score (nSPS) is 19.0. The van der Waals surface area contributed by atoms with Crippen molar-refractivity contribution in [2.24, 2.45) is 5.41 Å². The maximum absolute atomic E-state index is 12.8. The van der Waals surface area contributed by atoms with E-state index in [-0.39, 0.29) is 32.0 Å². The van der Waals surface area contributed by atoms with Crippen LogP contribution in [0, 0.1) is 5.41 Å². The highest BCUT2D eigenvalue weighted by Crippen LogP contribution is 2.37. The molecule has 0 aromatic heterocycles. The van der Waals surface area contributed by atoms with Crippen LogP contribution in [0.3, 0.4) is 0 Å². The summed E-state index contributed by atoms with van der Waals surface area (Å²) in [6.45, 7) is 1.14. The number of anilines is 1. The molecular weight excluding hydrogens is 312 g/mol. The lowest BCUT2D eigenvalue weighted by atomic mass is 9.76. The van der Waals surface area contributed by atoms with Gasteiger partial charge in [-0.2, -0.15) is 0 Å². The molecule has 2 aliphatic heterocycles. The van der Waals surface area contributed by atoms with Crippen molar-refractivity contribution in [3.8, 4) is 0 Å². The largest absolute Gasteiger partial charge is 0.481 e. The first kappa shape index (κ1) is 16.3. The van der Waals surface area contributed by atoms with Crippen molar-refractivity contribution >= 4 is 23.7 Å². The number of hydrogen-bond donors (Lipinski definition) is 2. The Morgan fingerprint density at radius 2 is 1.71 bits per heavy atom. The summed E-state index contributed by atoms with van der Waals surface area (Å²) in [5, 5.41) is 18.4. The van der Waals surface area contributed by atoms with E-state index in [4.69, 9.17) is 5.11 Å². The van der Waals surface area contributed by atoms with Crippen LogP contribution in [0.15, 0.2) is 24.3 Å². The van der Waals surface area contributed by atoms with Crippen molar-refractivity contribution in [2.75, 3.05) is 24.5 Å². The van der Waals surface area contributed by atoms with E-state index in [2.05, 4.69) is 0 Å². The Kier molecular flexibility index (Phi) is 4.17. The number of aliphatic carboxylic acids is 2. The Labute approximate surface area is 139 Å². The van der Waals surface area contributed by atoms with E-state index in [1.165, 1.54) is 0 Å². The van der Waals surface area contributed by atoms with E-state index in [0.717, 1.165) is 17.7 Å². The number of carboxylic acid groups (broad SMARTS) is 2. The van der Waals surface area contributed by atoms with Gasteiger partial charge in [0.1, 0.15) is 0 Å². The second-order valence-corrected chi connectivity index (χ2v) is 6.46. The van der Waals surface area contributed by atoms with Gasteiger partial charge in [-0.05, 0) is 30.9 Å². The second-order valence-electron chi connectivity index (χ2n) is 6.46. The fourth-order valence-electron chi connectivity index (χ4n) is 3.59. The molecule has 2 heterocycles. The van der Waals surface area contributed by atoms with E-state index in [0.29, 0.717) is 6.54 Å². The predicted octanol–water partition coefficient (Wildman–Crippen LogP) is 1.81. The number of urea groups is 1. The predicted molar refractivity (Wildman–Crippen MR) is 86.0 cm³/mol. The lowest BCUT2D eigenvalue weighted by Gasteiger charge is -2.39. The maximum Gasteiger partial charge on any atom is 0.324 e. The molecule has 0 spiro atoms. The Bertz CT molecular complexity index is 679. The molecule has 1 saturated heterocycles. The van der Waals surface area contributed by atoms with Crippen LogP contribution in [-0.4, -0.2) is 52.7 Å². The monoisotopic (exact) mass is 332 g/mol. The van der Waals surface area contributed by atoms with Gasteiger partial charge in [0.2, 0.25) is 0 Å². The van der Waals surface area contributed by atoms with E-state index >= 15 is 0 Å². The molecule has 2 N–H and O–H groups in total. The fourth-order valence-corrected chi connectivity index (χ4v) is 3.59. The van der Waals surface area contributed by atoms with Crippen molar-refractivity contribution in [2.45, 2.75) is 25.7 Å². The van der Waals surface area contributed by atoms with Crippen molar-refractivity contribution in [1.82, 2.24) is 4.90 Å².